The molecule has 1 unspecified atom stereocenters. The number of hydrogen-bond donors (Lipinski definition) is 0. The molecule has 0 bridgehead atoms. The van der Waals surface area contributed by atoms with Crippen LogP contribution in [-0.2, 0) is 0 Å². The maximum Gasteiger partial charge on any atom is 0.0779 e. The highest BCUT2D eigenvalue weighted by atomic mass is 28.2. The molecular weight excluding hydrogens is 220 g/mol. The van der Waals surface area contributed by atoms with Crippen LogP contribution in [0.5, 0.6) is 0 Å². The molecule has 0 heterocycles. The smallest absolute Gasteiger partial charge is 0.0779 e. The third kappa shape index (κ3) is 3.57. The van der Waals surface area contributed by atoms with Crippen LogP contribution in [0, 0.1) is 5.41 Å². The predicted molar refractivity (Wildman–Crippen MR) is 79.4 cm³/mol. The van der Waals surface area contributed by atoms with E-state index >= 15 is 0 Å². The maximum atomic E-state index is 2.42. The Bertz CT molecular complexity index is 454. The monoisotopic (exact) mass is 240 g/mol. The molecule has 0 aromatic heterocycles. The summed E-state index contributed by atoms with van der Waals surface area (Å²) in [6.07, 6.45) is 10.4. The molecule has 0 spiro atoms. The lowest BCUT2D eigenvalue weighted by Gasteiger charge is -2.23. The fourth-order valence-corrected chi connectivity index (χ4v) is 3.51. The van der Waals surface area contributed by atoms with Crippen molar-refractivity contribution in [1.29, 1.82) is 0 Å². The average Bonchev–Trinajstić information content (AvgIpc) is 2.35. The molecule has 0 saturated carbocycles. The summed E-state index contributed by atoms with van der Waals surface area (Å²) in [7, 11) is -0.242. The Morgan fingerprint density at radius 2 is 2.00 bits per heavy atom. The zero-order valence-electron chi connectivity index (χ0n) is 10.7. The summed E-state index contributed by atoms with van der Waals surface area (Å²) in [6.45, 7) is 4.47. The van der Waals surface area contributed by atoms with E-state index in [1.807, 2.05) is 0 Å². The van der Waals surface area contributed by atoms with Crippen molar-refractivity contribution in [3.63, 3.8) is 0 Å². The van der Waals surface area contributed by atoms with Crippen LogP contribution in [-0.4, -0.2) is 9.52 Å². The molecule has 1 aromatic carbocycles. The van der Waals surface area contributed by atoms with Crippen molar-refractivity contribution < 1.29 is 0 Å². The van der Waals surface area contributed by atoms with Gasteiger partial charge in [-0.25, -0.2) is 0 Å². The fraction of sp³-hybridized carbons (Fsp3) is 0.250. The first-order chi connectivity index (χ1) is 8.18. The van der Waals surface area contributed by atoms with Gasteiger partial charge in [0.05, 0.1) is 9.52 Å². The Labute approximate surface area is 107 Å². The summed E-state index contributed by atoms with van der Waals surface area (Å²) in [5.74, 6) is 0. The van der Waals surface area contributed by atoms with Gasteiger partial charge in [0.25, 0.3) is 0 Å². The van der Waals surface area contributed by atoms with E-state index in [9.17, 15) is 0 Å². The van der Waals surface area contributed by atoms with Gasteiger partial charge in [0, 0.05) is 5.41 Å². The summed E-state index contributed by atoms with van der Waals surface area (Å²) in [6, 6.07) is 10.8. The Kier molecular flexibility index (Phi) is 3.80. The Balaban J connectivity index is 1.96. The normalized spacial score (nSPS) is 24.7. The van der Waals surface area contributed by atoms with Crippen LogP contribution in [0.4, 0.5) is 0 Å². The molecule has 1 heteroatoms. The van der Waals surface area contributed by atoms with Gasteiger partial charge in [-0.2, -0.15) is 0 Å². The molecule has 1 atom stereocenters. The minimum Gasteiger partial charge on any atom is -0.0992 e. The van der Waals surface area contributed by atoms with Gasteiger partial charge in [-0.15, -0.1) is 0 Å². The first-order valence-corrected chi connectivity index (χ1v) is 7.78. The van der Waals surface area contributed by atoms with E-state index in [4.69, 9.17) is 0 Å². The maximum absolute atomic E-state index is 2.42. The van der Waals surface area contributed by atoms with Crippen LogP contribution >= 0.6 is 0 Å². The van der Waals surface area contributed by atoms with Crippen molar-refractivity contribution in [2.75, 3.05) is 0 Å². The molecule has 0 aliphatic heterocycles. The molecule has 17 heavy (non-hydrogen) atoms. The number of rotatable bonds is 3. The van der Waals surface area contributed by atoms with Crippen molar-refractivity contribution in [3.8, 4) is 0 Å². The van der Waals surface area contributed by atoms with Crippen LogP contribution in [0.3, 0.4) is 0 Å². The fourth-order valence-electron chi connectivity index (χ4n) is 2.04. The highest BCUT2D eigenvalue weighted by Gasteiger charge is 2.17. The zero-order valence-corrected chi connectivity index (χ0v) is 12.1. The summed E-state index contributed by atoms with van der Waals surface area (Å²) in [5.41, 5.74) is 4.05. The lowest BCUT2D eigenvalue weighted by molar-refractivity contribution is 0.554. The second-order valence-corrected chi connectivity index (χ2v) is 6.78. The average molecular weight is 240 g/mol. The van der Waals surface area contributed by atoms with E-state index < -0.39 is 0 Å². The lowest BCUT2D eigenvalue weighted by Crippen LogP contribution is -2.14. The highest BCUT2D eigenvalue weighted by Crippen LogP contribution is 2.30. The van der Waals surface area contributed by atoms with E-state index in [-0.39, 0.29) is 14.9 Å². The van der Waals surface area contributed by atoms with E-state index in [0.717, 1.165) is 6.42 Å². The highest BCUT2D eigenvalue weighted by molar-refractivity contribution is 6.58. The van der Waals surface area contributed by atoms with Crippen LogP contribution in [0.15, 0.2) is 65.9 Å². The van der Waals surface area contributed by atoms with E-state index in [0.29, 0.717) is 0 Å². The second kappa shape index (κ2) is 5.33. The lowest BCUT2D eigenvalue weighted by atomic mass is 9.82. The van der Waals surface area contributed by atoms with Crippen LogP contribution in [0.25, 0.3) is 0 Å². The van der Waals surface area contributed by atoms with Crippen molar-refractivity contribution in [2.24, 2.45) is 5.41 Å². The molecule has 0 fully saturated rings. The van der Waals surface area contributed by atoms with Gasteiger partial charge >= 0.3 is 0 Å². The zero-order chi connectivity index (χ0) is 12.1. The Morgan fingerprint density at radius 3 is 2.65 bits per heavy atom. The van der Waals surface area contributed by atoms with Crippen LogP contribution < -0.4 is 5.19 Å². The largest absolute Gasteiger partial charge is 0.0992 e. The molecule has 1 aliphatic rings. The summed E-state index contributed by atoms with van der Waals surface area (Å²) in [5, 5.41) is 1.51. The van der Waals surface area contributed by atoms with Gasteiger partial charge in [0.15, 0.2) is 0 Å². The SMILES string of the molecule is CC1=CCC(C)(C=C[SiH2]c2ccccc2)C=C1. The van der Waals surface area contributed by atoms with Gasteiger partial charge in [0.1, 0.15) is 0 Å². The van der Waals surface area contributed by atoms with Crippen molar-refractivity contribution >= 4 is 14.7 Å². The molecule has 0 N–H and O–H groups in total. The van der Waals surface area contributed by atoms with Gasteiger partial charge in [-0.1, -0.05) is 78.0 Å². The van der Waals surface area contributed by atoms with Gasteiger partial charge in [-0.3, -0.25) is 0 Å². The number of allylic oxidation sites excluding steroid dienone is 5. The quantitative estimate of drug-likeness (QED) is 0.713. The number of hydrogen-bond acceptors (Lipinski definition) is 0. The Morgan fingerprint density at radius 1 is 1.24 bits per heavy atom. The molecule has 1 aromatic rings. The first kappa shape index (κ1) is 12.1. The van der Waals surface area contributed by atoms with Crippen molar-refractivity contribution in [2.45, 2.75) is 20.3 Å². The summed E-state index contributed by atoms with van der Waals surface area (Å²) in [4.78, 5) is 0. The van der Waals surface area contributed by atoms with Gasteiger partial charge < -0.3 is 0 Å². The minimum absolute atomic E-state index is 0.237. The first-order valence-electron chi connectivity index (χ1n) is 6.26. The molecule has 1 aliphatic carbocycles. The third-order valence-corrected chi connectivity index (χ3v) is 4.70. The van der Waals surface area contributed by atoms with Crippen LogP contribution in [0.1, 0.15) is 20.3 Å². The van der Waals surface area contributed by atoms with Crippen LogP contribution in [0.2, 0.25) is 0 Å². The molecule has 88 valence electrons. The third-order valence-electron chi connectivity index (χ3n) is 3.29. The molecule has 0 amide bonds. The predicted octanol–water partition coefficient (Wildman–Crippen LogP) is 2.91. The summed E-state index contributed by atoms with van der Waals surface area (Å²) >= 11 is 0. The van der Waals surface area contributed by atoms with E-state index in [2.05, 4.69) is 74.2 Å². The topological polar surface area (TPSA) is 0 Å². The van der Waals surface area contributed by atoms with E-state index in [1.165, 1.54) is 10.8 Å². The van der Waals surface area contributed by atoms with Crippen molar-refractivity contribution in [1.82, 2.24) is 0 Å². The van der Waals surface area contributed by atoms with Crippen molar-refractivity contribution in [3.05, 3.63) is 65.9 Å². The standard InChI is InChI=1S/C16H20Si/c1-14-8-10-16(2,11-9-14)12-13-17-15-6-4-3-5-7-15/h3-10,12-13H,11,17H2,1-2H3. The second-order valence-electron chi connectivity index (χ2n) is 5.08. The molecule has 2 rings (SSSR count). The van der Waals surface area contributed by atoms with Gasteiger partial charge in [0.2, 0.25) is 0 Å². The van der Waals surface area contributed by atoms with E-state index in [1.54, 1.807) is 0 Å². The molecule has 0 saturated heterocycles. The minimum atomic E-state index is -0.242. The molecular formula is C16H20Si. The summed E-state index contributed by atoms with van der Waals surface area (Å²) < 4.78 is 0. The van der Waals surface area contributed by atoms with Gasteiger partial charge in [-0.05, 0) is 13.3 Å². The molecule has 0 nitrogen and oxygen atoms in total. The number of benzene rings is 1. The Hall–Kier alpha value is -1.34. The molecule has 0 radical (unpaired) electrons.